The summed E-state index contributed by atoms with van der Waals surface area (Å²) in [5.74, 6) is -0.237. The van der Waals surface area contributed by atoms with Crippen LogP contribution in [-0.4, -0.2) is 40.3 Å². The number of nitrogens with one attached hydrogen (secondary N) is 1. The van der Waals surface area contributed by atoms with Gasteiger partial charge in [0, 0.05) is 11.8 Å². The molecule has 2 rings (SSSR count). The minimum Gasteiger partial charge on any atom is -0.481 e. The average Bonchev–Trinajstić information content (AvgIpc) is 2.62. The normalized spacial score (nSPS) is 28.0. The first-order chi connectivity index (χ1) is 8.02. The van der Waals surface area contributed by atoms with Gasteiger partial charge in [0.1, 0.15) is 17.6 Å². The van der Waals surface area contributed by atoms with Crippen molar-refractivity contribution in [2.45, 2.75) is 19.9 Å². The lowest BCUT2D eigenvalue weighted by Crippen LogP contribution is -2.43. The fraction of sp³-hybridized carbons (Fsp3) is 0.545. The molecule has 6 heteroatoms. The lowest BCUT2D eigenvalue weighted by Gasteiger charge is -2.25. The second kappa shape index (κ2) is 4.29. The highest BCUT2D eigenvalue weighted by atomic mass is 16.5. The van der Waals surface area contributed by atoms with Crippen molar-refractivity contribution in [3.05, 3.63) is 18.1 Å². The van der Waals surface area contributed by atoms with Gasteiger partial charge >= 0.3 is 5.97 Å². The van der Waals surface area contributed by atoms with Crippen molar-refractivity contribution in [2.24, 2.45) is 5.41 Å². The molecule has 1 aliphatic rings. The molecule has 1 aliphatic heterocycles. The van der Waals surface area contributed by atoms with Gasteiger partial charge in [-0.05, 0) is 13.8 Å². The zero-order valence-corrected chi connectivity index (χ0v) is 9.80. The van der Waals surface area contributed by atoms with Crippen LogP contribution in [0, 0.1) is 12.3 Å². The van der Waals surface area contributed by atoms with E-state index >= 15 is 0 Å². The molecule has 0 aromatic carbocycles. The Balaban J connectivity index is 2.16. The molecule has 2 heterocycles. The number of nitrogens with zero attached hydrogens (tertiary/aromatic N) is 2. The highest BCUT2D eigenvalue weighted by Gasteiger charge is 2.46. The molecule has 0 spiro atoms. The molecule has 0 amide bonds. The van der Waals surface area contributed by atoms with E-state index in [9.17, 15) is 9.90 Å². The molecule has 0 bridgehead atoms. The number of rotatable bonds is 3. The Kier molecular flexibility index (Phi) is 2.97. The Hall–Kier alpha value is -1.69. The topological polar surface area (TPSA) is 84.3 Å². The average molecular weight is 237 g/mol. The third-order valence-electron chi connectivity index (χ3n) is 3.07. The predicted molar refractivity (Wildman–Crippen MR) is 60.7 cm³/mol. The molecule has 2 N–H and O–H groups in total. The summed E-state index contributed by atoms with van der Waals surface area (Å²) in [7, 11) is 0. The molecule has 2 unspecified atom stereocenters. The largest absolute Gasteiger partial charge is 0.481 e. The number of carbonyl (C=O) groups is 1. The van der Waals surface area contributed by atoms with Gasteiger partial charge in [-0.2, -0.15) is 0 Å². The van der Waals surface area contributed by atoms with E-state index in [1.807, 2.05) is 6.92 Å². The number of carboxylic acids is 1. The lowest BCUT2D eigenvalue weighted by atomic mass is 9.85. The lowest BCUT2D eigenvalue weighted by molar-refractivity contribution is -0.148. The van der Waals surface area contributed by atoms with E-state index in [4.69, 9.17) is 4.74 Å². The molecular formula is C11H15N3O3. The Labute approximate surface area is 99.0 Å². The fourth-order valence-electron chi connectivity index (χ4n) is 1.80. The van der Waals surface area contributed by atoms with Crippen LogP contribution in [0.15, 0.2) is 12.4 Å². The Bertz CT molecular complexity index is 438. The Morgan fingerprint density at radius 2 is 2.41 bits per heavy atom. The van der Waals surface area contributed by atoms with Crippen LogP contribution in [0.4, 0.5) is 5.82 Å². The molecule has 1 saturated heterocycles. The SMILES string of the molecule is Cc1cc(NC2COCC2(C)C(=O)O)ncn1. The van der Waals surface area contributed by atoms with E-state index < -0.39 is 11.4 Å². The van der Waals surface area contributed by atoms with E-state index in [1.54, 1.807) is 13.0 Å². The van der Waals surface area contributed by atoms with Crippen molar-refractivity contribution in [3.63, 3.8) is 0 Å². The molecule has 0 saturated carbocycles. The van der Waals surface area contributed by atoms with Crippen molar-refractivity contribution in [1.29, 1.82) is 0 Å². The maximum Gasteiger partial charge on any atom is 0.313 e. The molecule has 6 nitrogen and oxygen atoms in total. The maximum absolute atomic E-state index is 11.2. The third-order valence-corrected chi connectivity index (χ3v) is 3.07. The van der Waals surface area contributed by atoms with Gasteiger partial charge in [-0.25, -0.2) is 9.97 Å². The van der Waals surface area contributed by atoms with Crippen LogP contribution >= 0.6 is 0 Å². The molecule has 2 atom stereocenters. The highest BCUT2D eigenvalue weighted by Crippen LogP contribution is 2.30. The summed E-state index contributed by atoms with van der Waals surface area (Å²) in [6.07, 6.45) is 1.45. The van der Waals surface area contributed by atoms with Crippen molar-refractivity contribution in [3.8, 4) is 0 Å². The number of aryl methyl sites for hydroxylation is 1. The molecule has 1 fully saturated rings. The summed E-state index contributed by atoms with van der Waals surface area (Å²) in [5.41, 5.74) is -0.0859. The predicted octanol–water partition coefficient (Wildman–Crippen LogP) is 0.687. The number of aliphatic carboxylic acids is 1. The van der Waals surface area contributed by atoms with Crippen LogP contribution in [0.5, 0.6) is 0 Å². The number of anilines is 1. The monoisotopic (exact) mass is 237 g/mol. The Morgan fingerprint density at radius 3 is 3.06 bits per heavy atom. The summed E-state index contributed by atoms with van der Waals surface area (Å²) in [4.78, 5) is 19.3. The summed E-state index contributed by atoms with van der Waals surface area (Å²) in [6, 6.07) is 1.50. The van der Waals surface area contributed by atoms with Crippen molar-refractivity contribution in [2.75, 3.05) is 18.5 Å². The molecule has 0 radical (unpaired) electrons. The zero-order chi connectivity index (χ0) is 12.5. The summed E-state index contributed by atoms with van der Waals surface area (Å²) >= 11 is 0. The molecule has 0 aliphatic carbocycles. The second-order valence-corrected chi connectivity index (χ2v) is 4.48. The third kappa shape index (κ3) is 2.21. The summed E-state index contributed by atoms with van der Waals surface area (Å²) < 4.78 is 5.25. The zero-order valence-electron chi connectivity index (χ0n) is 9.80. The number of aromatic nitrogens is 2. The second-order valence-electron chi connectivity index (χ2n) is 4.48. The van der Waals surface area contributed by atoms with Gasteiger partial charge in [0.15, 0.2) is 0 Å². The van der Waals surface area contributed by atoms with Gasteiger partial charge in [-0.3, -0.25) is 4.79 Å². The molecule has 1 aromatic heterocycles. The van der Waals surface area contributed by atoms with Crippen molar-refractivity contribution >= 4 is 11.8 Å². The summed E-state index contributed by atoms with van der Waals surface area (Å²) in [5, 5.41) is 12.3. The van der Waals surface area contributed by atoms with Crippen LogP contribution in [0.3, 0.4) is 0 Å². The quantitative estimate of drug-likeness (QED) is 0.804. The van der Waals surface area contributed by atoms with Gasteiger partial charge in [-0.15, -0.1) is 0 Å². The maximum atomic E-state index is 11.2. The van der Waals surface area contributed by atoms with Gasteiger partial charge in [0.25, 0.3) is 0 Å². The number of hydrogen-bond acceptors (Lipinski definition) is 5. The van der Waals surface area contributed by atoms with Crippen LogP contribution in [0.1, 0.15) is 12.6 Å². The molecule has 92 valence electrons. The first kappa shape index (κ1) is 11.8. The highest BCUT2D eigenvalue weighted by molar-refractivity contribution is 5.76. The van der Waals surface area contributed by atoms with E-state index in [0.29, 0.717) is 12.4 Å². The van der Waals surface area contributed by atoms with Crippen LogP contribution < -0.4 is 5.32 Å². The van der Waals surface area contributed by atoms with E-state index in [0.717, 1.165) is 5.69 Å². The van der Waals surface area contributed by atoms with Crippen LogP contribution in [0.25, 0.3) is 0 Å². The van der Waals surface area contributed by atoms with Crippen molar-refractivity contribution < 1.29 is 14.6 Å². The Morgan fingerprint density at radius 1 is 1.65 bits per heavy atom. The molecular weight excluding hydrogens is 222 g/mol. The van der Waals surface area contributed by atoms with Crippen LogP contribution in [-0.2, 0) is 9.53 Å². The first-order valence-electron chi connectivity index (χ1n) is 5.39. The number of ether oxygens (including phenoxy) is 1. The molecule has 1 aromatic rings. The fourth-order valence-corrected chi connectivity index (χ4v) is 1.80. The number of carboxylic acid groups (broad SMARTS) is 1. The van der Waals surface area contributed by atoms with Gasteiger partial charge in [0.2, 0.25) is 0 Å². The van der Waals surface area contributed by atoms with Gasteiger partial charge in [0.05, 0.1) is 19.3 Å². The first-order valence-corrected chi connectivity index (χ1v) is 5.39. The van der Waals surface area contributed by atoms with Gasteiger partial charge in [-0.1, -0.05) is 0 Å². The number of hydrogen-bond donors (Lipinski definition) is 2. The minimum atomic E-state index is -0.918. The van der Waals surface area contributed by atoms with Crippen molar-refractivity contribution in [1.82, 2.24) is 9.97 Å². The van der Waals surface area contributed by atoms with E-state index in [2.05, 4.69) is 15.3 Å². The standard InChI is InChI=1S/C11H15N3O3/c1-7-3-9(13-6-12-7)14-8-4-17-5-11(8,2)10(15)16/h3,6,8H,4-5H2,1-2H3,(H,15,16)(H,12,13,14). The summed E-state index contributed by atoms with van der Waals surface area (Å²) in [6.45, 7) is 4.11. The minimum absolute atomic E-state index is 0.212. The van der Waals surface area contributed by atoms with E-state index in [-0.39, 0.29) is 12.6 Å². The smallest absolute Gasteiger partial charge is 0.313 e. The van der Waals surface area contributed by atoms with Crippen LogP contribution in [0.2, 0.25) is 0 Å². The van der Waals surface area contributed by atoms with E-state index in [1.165, 1.54) is 6.33 Å². The molecule has 17 heavy (non-hydrogen) atoms. The van der Waals surface area contributed by atoms with Gasteiger partial charge < -0.3 is 15.2 Å².